The van der Waals surface area contributed by atoms with Gasteiger partial charge in [-0.3, -0.25) is 9.59 Å². The summed E-state index contributed by atoms with van der Waals surface area (Å²) < 4.78 is 48.7. The Labute approximate surface area is 248 Å². The molecule has 0 aliphatic heterocycles. The average molecular weight is 599 g/mol. The summed E-state index contributed by atoms with van der Waals surface area (Å²) in [6.07, 6.45) is 0.856. The van der Waals surface area contributed by atoms with Crippen molar-refractivity contribution in [3.05, 3.63) is 95.8 Å². The SMILES string of the molecule is CC[C@@H](C)NC(=O)[C@@H](Cc1ccccc1)N(Cc1cccc(OC)c1)C(=O)CN(c1ccccc1F)S(=O)(=O)N(C)C. The number of carbonyl (C=O) groups is 2. The molecule has 2 atom stereocenters. The summed E-state index contributed by atoms with van der Waals surface area (Å²) in [6.45, 7) is 3.06. The van der Waals surface area contributed by atoms with E-state index in [1.54, 1.807) is 24.3 Å². The number of amides is 2. The van der Waals surface area contributed by atoms with Crippen molar-refractivity contribution >= 4 is 27.7 Å². The van der Waals surface area contributed by atoms with Gasteiger partial charge in [-0.25, -0.2) is 8.70 Å². The molecule has 0 saturated heterocycles. The quantitative estimate of drug-likeness (QED) is 0.303. The average Bonchev–Trinajstić information content (AvgIpc) is 2.98. The van der Waals surface area contributed by atoms with Gasteiger partial charge in [0.2, 0.25) is 11.8 Å². The van der Waals surface area contributed by atoms with Crippen molar-refractivity contribution in [3.8, 4) is 5.75 Å². The molecule has 0 aliphatic carbocycles. The summed E-state index contributed by atoms with van der Waals surface area (Å²) in [4.78, 5) is 29.3. The molecule has 1 N–H and O–H groups in total. The third-order valence-electron chi connectivity index (χ3n) is 6.90. The van der Waals surface area contributed by atoms with Crippen LogP contribution in [0.15, 0.2) is 78.9 Å². The number of halogens is 1. The second-order valence-corrected chi connectivity index (χ2v) is 12.2. The number of ether oxygens (including phenoxy) is 1. The Kier molecular flexibility index (Phi) is 11.5. The normalized spacial score (nSPS) is 12.8. The molecular weight excluding hydrogens is 559 g/mol. The van der Waals surface area contributed by atoms with E-state index in [0.29, 0.717) is 17.7 Å². The maximum absolute atomic E-state index is 14.9. The first-order chi connectivity index (χ1) is 20.0. The summed E-state index contributed by atoms with van der Waals surface area (Å²) in [5.41, 5.74) is 1.21. The zero-order valence-corrected chi connectivity index (χ0v) is 25.5. The van der Waals surface area contributed by atoms with E-state index in [1.807, 2.05) is 44.2 Å². The van der Waals surface area contributed by atoms with Gasteiger partial charge in [-0.2, -0.15) is 12.7 Å². The van der Waals surface area contributed by atoms with Crippen molar-refractivity contribution in [2.24, 2.45) is 0 Å². The Morgan fingerprint density at radius 1 is 0.952 bits per heavy atom. The molecule has 0 spiro atoms. The molecule has 9 nitrogen and oxygen atoms in total. The van der Waals surface area contributed by atoms with Gasteiger partial charge in [0.15, 0.2) is 0 Å². The Morgan fingerprint density at radius 2 is 1.60 bits per heavy atom. The maximum Gasteiger partial charge on any atom is 0.304 e. The van der Waals surface area contributed by atoms with Gasteiger partial charge in [0.05, 0.1) is 12.8 Å². The lowest BCUT2D eigenvalue weighted by Crippen LogP contribution is -2.55. The number of rotatable bonds is 14. The van der Waals surface area contributed by atoms with E-state index in [2.05, 4.69) is 5.32 Å². The molecule has 3 aromatic carbocycles. The lowest BCUT2D eigenvalue weighted by atomic mass is 10.0. The van der Waals surface area contributed by atoms with Crippen LogP contribution in [-0.2, 0) is 32.8 Å². The van der Waals surface area contributed by atoms with Gasteiger partial charge in [-0.05, 0) is 48.7 Å². The van der Waals surface area contributed by atoms with Gasteiger partial charge in [-0.15, -0.1) is 0 Å². The molecular formula is C31H39FN4O5S. The molecule has 0 bridgehead atoms. The first-order valence-corrected chi connectivity index (χ1v) is 15.1. The van der Waals surface area contributed by atoms with Crippen LogP contribution in [0.2, 0.25) is 0 Å². The summed E-state index contributed by atoms with van der Waals surface area (Å²) in [6, 6.07) is 20.5. The van der Waals surface area contributed by atoms with Crippen molar-refractivity contribution in [3.63, 3.8) is 0 Å². The van der Waals surface area contributed by atoms with Gasteiger partial charge in [-0.1, -0.05) is 61.5 Å². The number of para-hydroxylation sites is 1. The first kappa shape index (κ1) is 32.6. The standard InChI is InChI=1S/C31H39FN4O5S/c1-6-23(2)33-31(38)29(20-24-13-8-7-9-14-24)35(21-25-15-12-16-26(19-25)41-5)30(37)22-36(42(39,40)34(3)4)28-18-11-10-17-27(28)32/h7-19,23,29H,6,20-22H2,1-5H3,(H,33,38)/t23-,29-/m1/s1. The Bertz CT molecular complexity index is 1450. The molecule has 3 aromatic rings. The highest BCUT2D eigenvalue weighted by Crippen LogP contribution is 2.25. The van der Waals surface area contributed by atoms with Crippen LogP contribution in [-0.4, -0.2) is 69.3 Å². The largest absolute Gasteiger partial charge is 0.497 e. The van der Waals surface area contributed by atoms with Crippen molar-refractivity contribution in [1.82, 2.24) is 14.5 Å². The number of hydrogen-bond acceptors (Lipinski definition) is 5. The topological polar surface area (TPSA) is 99.3 Å². The van der Waals surface area contributed by atoms with E-state index in [4.69, 9.17) is 4.74 Å². The molecule has 0 fully saturated rings. The zero-order valence-electron chi connectivity index (χ0n) is 24.7. The van der Waals surface area contributed by atoms with Crippen LogP contribution in [0.25, 0.3) is 0 Å². The van der Waals surface area contributed by atoms with Gasteiger partial charge < -0.3 is 15.0 Å². The Hall–Kier alpha value is -3.96. The van der Waals surface area contributed by atoms with Gasteiger partial charge in [0, 0.05) is 33.1 Å². The fourth-order valence-corrected chi connectivity index (χ4v) is 5.38. The van der Waals surface area contributed by atoms with Crippen molar-refractivity contribution in [2.75, 3.05) is 32.1 Å². The molecule has 42 heavy (non-hydrogen) atoms. The predicted octanol–water partition coefficient (Wildman–Crippen LogP) is 4.00. The molecule has 0 aromatic heterocycles. The molecule has 0 radical (unpaired) electrons. The summed E-state index contributed by atoms with van der Waals surface area (Å²) in [7, 11) is -0.160. The monoisotopic (exact) mass is 598 g/mol. The lowest BCUT2D eigenvalue weighted by Gasteiger charge is -2.35. The minimum Gasteiger partial charge on any atom is -0.497 e. The van der Waals surface area contributed by atoms with Gasteiger partial charge >= 0.3 is 10.2 Å². The number of carbonyl (C=O) groups excluding carboxylic acids is 2. The first-order valence-electron chi connectivity index (χ1n) is 13.7. The molecule has 0 saturated carbocycles. The minimum absolute atomic E-state index is 0.0193. The highest BCUT2D eigenvalue weighted by molar-refractivity contribution is 7.90. The van der Waals surface area contributed by atoms with Gasteiger partial charge in [0.25, 0.3) is 0 Å². The van der Waals surface area contributed by atoms with Crippen molar-refractivity contribution < 1.29 is 27.1 Å². The lowest BCUT2D eigenvalue weighted by molar-refractivity contribution is -0.140. The van der Waals surface area contributed by atoms with Crippen LogP contribution in [0.3, 0.4) is 0 Å². The molecule has 0 unspecified atom stereocenters. The van der Waals surface area contributed by atoms with Crippen LogP contribution < -0.4 is 14.4 Å². The number of nitrogens with zero attached hydrogens (tertiary/aromatic N) is 3. The second kappa shape index (κ2) is 14.8. The van der Waals surface area contributed by atoms with E-state index in [9.17, 15) is 22.4 Å². The van der Waals surface area contributed by atoms with Crippen molar-refractivity contribution in [1.29, 1.82) is 0 Å². The zero-order chi connectivity index (χ0) is 30.9. The van der Waals surface area contributed by atoms with E-state index < -0.39 is 34.5 Å². The Balaban J connectivity index is 2.12. The number of hydrogen-bond donors (Lipinski definition) is 1. The van der Waals surface area contributed by atoms with Crippen LogP contribution in [0.5, 0.6) is 5.75 Å². The number of nitrogens with one attached hydrogen (secondary N) is 1. The van der Waals surface area contributed by atoms with Crippen LogP contribution >= 0.6 is 0 Å². The molecule has 3 rings (SSSR count). The van der Waals surface area contributed by atoms with Crippen LogP contribution in [0.4, 0.5) is 10.1 Å². The molecule has 226 valence electrons. The van der Waals surface area contributed by atoms with E-state index >= 15 is 0 Å². The number of benzene rings is 3. The van der Waals surface area contributed by atoms with E-state index in [-0.39, 0.29) is 30.6 Å². The molecule has 0 aliphatic rings. The smallest absolute Gasteiger partial charge is 0.304 e. The minimum atomic E-state index is -4.30. The van der Waals surface area contributed by atoms with Crippen molar-refractivity contribution in [2.45, 2.75) is 45.3 Å². The summed E-state index contributed by atoms with van der Waals surface area (Å²) in [5, 5.41) is 2.98. The fourth-order valence-electron chi connectivity index (χ4n) is 4.32. The highest BCUT2D eigenvalue weighted by atomic mass is 32.2. The third kappa shape index (κ3) is 8.29. The summed E-state index contributed by atoms with van der Waals surface area (Å²) >= 11 is 0. The molecule has 2 amide bonds. The predicted molar refractivity (Wildman–Crippen MR) is 162 cm³/mol. The summed E-state index contributed by atoms with van der Waals surface area (Å²) in [5.74, 6) is -1.29. The second-order valence-electron chi connectivity index (χ2n) is 10.1. The Morgan fingerprint density at radius 3 is 2.21 bits per heavy atom. The highest BCUT2D eigenvalue weighted by Gasteiger charge is 2.35. The van der Waals surface area contributed by atoms with Crippen LogP contribution in [0, 0.1) is 5.82 Å². The third-order valence-corrected chi connectivity index (χ3v) is 8.70. The van der Waals surface area contributed by atoms with Crippen LogP contribution in [0.1, 0.15) is 31.4 Å². The van der Waals surface area contributed by atoms with Gasteiger partial charge in [0.1, 0.15) is 24.2 Å². The van der Waals surface area contributed by atoms with E-state index in [0.717, 1.165) is 20.2 Å². The molecule has 0 heterocycles. The number of methoxy groups -OCH3 is 1. The fraction of sp³-hybridized carbons (Fsp3) is 0.355. The maximum atomic E-state index is 14.9. The number of anilines is 1. The molecule has 11 heteroatoms. The van der Waals surface area contributed by atoms with E-state index in [1.165, 1.54) is 44.3 Å².